The molecule has 0 heterocycles. The van der Waals surface area contributed by atoms with Crippen LogP contribution < -0.4 is 5.73 Å². The molecule has 15 heavy (non-hydrogen) atoms. The lowest BCUT2D eigenvalue weighted by atomic mass is 9.81. The highest BCUT2D eigenvalue weighted by molar-refractivity contribution is 5.81. The fourth-order valence-electron chi connectivity index (χ4n) is 3.11. The summed E-state index contributed by atoms with van der Waals surface area (Å²) in [7, 11) is 0. The van der Waals surface area contributed by atoms with Gasteiger partial charge in [0.05, 0.1) is 0 Å². The zero-order chi connectivity index (χ0) is 10.7. The van der Waals surface area contributed by atoms with Gasteiger partial charge in [-0.05, 0) is 31.6 Å². The molecule has 0 aliphatic heterocycles. The van der Waals surface area contributed by atoms with E-state index in [1.54, 1.807) is 0 Å². The Morgan fingerprint density at radius 2 is 1.60 bits per heavy atom. The van der Waals surface area contributed by atoms with Gasteiger partial charge in [-0.15, -0.1) is 0 Å². The first kappa shape index (κ1) is 11.1. The predicted octanol–water partition coefficient (Wildman–Crippen LogP) is 2.65. The molecule has 86 valence electrons. The van der Waals surface area contributed by atoms with Gasteiger partial charge < -0.3 is 5.73 Å². The van der Waals surface area contributed by atoms with Crippen LogP contribution in [0, 0.1) is 11.8 Å². The van der Waals surface area contributed by atoms with Crippen molar-refractivity contribution < 1.29 is 4.79 Å². The molecular formula is C13H23NO. The van der Waals surface area contributed by atoms with Crippen LogP contribution in [0.3, 0.4) is 0 Å². The van der Waals surface area contributed by atoms with E-state index in [2.05, 4.69) is 0 Å². The lowest BCUT2D eigenvalue weighted by Gasteiger charge is -2.25. The van der Waals surface area contributed by atoms with Crippen LogP contribution in [0.4, 0.5) is 0 Å². The van der Waals surface area contributed by atoms with E-state index in [1.165, 1.54) is 25.7 Å². The van der Waals surface area contributed by atoms with Crippen molar-refractivity contribution in [1.82, 2.24) is 0 Å². The normalized spacial score (nSPS) is 33.1. The molecule has 0 amide bonds. The summed E-state index contributed by atoms with van der Waals surface area (Å²) in [6.45, 7) is 0. The molecule has 2 aliphatic rings. The zero-order valence-electron chi connectivity index (χ0n) is 9.58. The zero-order valence-corrected chi connectivity index (χ0v) is 9.58. The van der Waals surface area contributed by atoms with Crippen LogP contribution in [-0.4, -0.2) is 11.8 Å². The molecule has 0 aromatic heterocycles. The second kappa shape index (κ2) is 5.11. The van der Waals surface area contributed by atoms with Crippen LogP contribution in [0.5, 0.6) is 0 Å². The highest BCUT2D eigenvalue weighted by Gasteiger charge is 2.27. The van der Waals surface area contributed by atoms with Gasteiger partial charge in [0.1, 0.15) is 5.78 Å². The van der Waals surface area contributed by atoms with E-state index in [1.807, 2.05) is 0 Å². The van der Waals surface area contributed by atoms with Gasteiger partial charge >= 0.3 is 0 Å². The summed E-state index contributed by atoms with van der Waals surface area (Å²) in [5.41, 5.74) is 5.85. The van der Waals surface area contributed by atoms with E-state index < -0.39 is 0 Å². The smallest absolute Gasteiger partial charge is 0.136 e. The van der Waals surface area contributed by atoms with Gasteiger partial charge in [0.15, 0.2) is 0 Å². The molecule has 2 heteroatoms. The Kier molecular flexibility index (Phi) is 3.79. The summed E-state index contributed by atoms with van der Waals surface area (Å²) in [6, 6.07) is 0.362. The fraction of sp³-hybridized carbons (Fsp3) is 0.923. The van der Waals surface area contributed by atoms with Crippen molar-refractivity contribution in [2.24, 2.45) is 17.6 Å². The van der Waals surface area contributed by atoms with Crippen molar-refractivity contribution in [3.63, 3.8) is 0 Å². The number of nitrogens with two attached hydrogens (primary N) is 1. The molecule has 2 aliphatic carbocycles. The maximum absolute atomic E-state index is 12.0. The minimum Gasteiger partial charge on any atom is -0.328 e. The third kappa shape index (κ3) is 3.04. The summed E-state index contributed by atoms with van der Waals surface area (Å²) in [5, 5.41) is 0. The maximum Gasteiger partial charge on any atom is 0.136 e. The van der Waals surface area contributed by atoms with Crippen molar-refractivity contribution >= 4 is 5.78 Å². The number of Topliss-reactive ketones (excluding diaryl/α,β-unsaturated/α-hetero) is 1. The molecule has 0 atom stereocenters. The molecule has 0 radical (unpaired) electrons. The number of ketones is 1. The summed E-state index contributed by atoms with van der Waals surface area (Å²) < 4.78 is 0. The topological polar surface area (TPSA) is 43.1 Å². The summed E-state index contributed by atoms with van der Waals surface area (Å²) in [4.78, 5) is 12.0. The van der Waals surface area contributed by atoms with Crippen LogP contribution in [0.25, 0.3) is 0 Å². The first-order chi connectivity index (χ1) is 7.25. The first-order valence-corrected chi connectivity index (χ1v) is 6.54. The first-order valence-electron chi connectivity index (χ1n) is 6.54. The molecule has 2 nitrogen and oxygen atoms in total. The van der Waals surface area contributed by atoms with Crippen LogP contribution in [-0.2, 0) is 4.79 Å². The Bertz CT molecular complexity index is 213. The standard InChI is InChI=1S/C13H23NO/c14-12-7-5-11(6-8-12)13(15)9-10-3-1-2-4-10/h10-12H,1-9,14H2. The van der Waals surface area contributed by atoms with Crippen LogP contribution in [0.15, 0.2) is 0 Å². The van der Waals surface area contributed by atoms with E-state index in [4.69, 9.17) is 5.73 Å². The SMILES string of the molecule is NC1CCC(C(=O)CC2CCCC2)CC1. The van der Waals surface area contributed by atoms with Crippen molar-refractivity contribution in [3.8, 4) is 0 Å². The third-order valence-electron chi connectivity index (χ3n) is 4.19. The Balaban J connectivity index is 1.75. The molecule has 0 spiro atoms. The minimum absolute atomic E-state index is 0.352. The summed E-state index contributed by atoms with van der Waals surface area (Å²) in [6.07, 6.45) is 10.3. The predicted molar refractivity (Wildman–Crippen MR) is 61.5 cm³/mol. The molecule has 2 fully saturated rings. The van der Waals surface area contributed by atoms with Gasteiger partial charge in [-0.1, -0.05) is 25.7 Å². The number of rotatable bonds is 3. The molecule has 2 N–H and O–H groups in total. The number of hydrogen-bond acceptors (Lipinski definition) is 2. The van der Waals surface area contributed by atoms with Crippen LogP contribution >= 0.6 is 0 Å². The third-order valence-corrected chi connectivity index (χ3v) is 4.19. The van der Waals surface area contributed by atoms with E-state index >= 15 is 0 Å². The monoisotopic (exact) mass is 209 g/mol. The van der Waals surface area contributed by atoms with Crippen molar-refractivity contribution in [1.29, 1.82) is 0 Å². The highest BCUT2D eigenvalue weighted by Crippen LogP contribution is 2.31. The number of carbonyl (C=O) groups is 1. The summed E-state index contributed by atoms with van der Waals surface area (Å²) in [5.74, 6) is 1.60. The van der Waals surface area contributed by atoms with Crippen LogP contribution in [0.1, 0.15) is 57.8 Å². The van der Waals surface area contributed by atoms with Crippen molar-refractivity contribution in [2.45, 2.75) is 63.8 Å². The lowest BCUT2D eigenvalue weighted by Crippen LogP contribution is -2.30. The van der Waals surface area contributed by atoms with E-state index in [0.717, 1.165) is 32.1 Å². The quantitative estimate of drug-likeness (QED) is 0.776. The molecule has 0 aromatic rings. The van der Waals surface area contributed by atoms with E-state index in [0.29, 0.717) is 23.7 Å². The molecular weight excluding hydrogens is 186 g/mol. The fourth-order valence-corrected chi connectivity index (χ4v) is 3.11. The Morgan fingerprint density at radius 3 is 2.20 bits per heavy atom. The molecule has 0 saturated heterocycles. The van der Waals surface area contributed by atoms with Crippen molar-refractivity contribution in [2.75, 3.05) is 0 Å². The van der Waals surface area contributed by atoms with Crippen LogP contribution in [0.2, 0.25) is 0 Å². The van der Waals surface area contributed by atoms with E-state index in [9.17, 15) is 4.79 Å². The highest BCUT2D eigenvalue weighted by atomic mass is 16.1. The second-order valence-electron chi connectivity index (χ2n) is 5.43. The Labute approximate surface area is 92.6 Å². The van der Waals surface area contributed by atoms with E-state index in [-0.39, 0.29) is 0 Å². The average Bonchev–Trinajstić information content (AvgIpc) is 2.71. The minimum atomic E-state index is 0.352. The lowest BCUT2D eigenvalue weighted by molar-refractivity contribution is -0.124. The summed E-state index contributed by atoms with van der Waals surface area (Å²) >= 11 is 0. The molecule has 2 rings (SSSR count). The maximum atomic E-state index is 12.0. The Morgan fingerprint density at radius 1 is 1.00 bits per heavy atom. The Hall–Kier alpha value is -0.370. The van der Waals surface area contributed by atoms with Gasteiger partial charge in [0.2, 0.25) is 0 Å². The molecule has 2 saturated carbocycles. The number of hydrogen-bond donors (Lipinski definition) is 1. The molecule has 0 bridgehead atoms. The van der Waals surface area contributed by atoms with Gasteiger partial charge in [-0.2, -0.15) is 0 Å². The van der Waals surface area contributed by atoms with Gasteiger partial charge in [-0.3, -0.25) is 4.79 Å². The molecule has 0 unspecified atom stereocenters. The van der Waals surface area contributed by atoms with Crippen molar-refractivity contribution in [3.05, 3.63) is 0 Å². The second-order valence-corrected chi connectivity index (χ2v) is 5.43. The van der Waals surface area contributed by atoms with Gasteiger partial charge in [0.25, 0.3) is 0 Å². The average molecular weight is 209 g/mol. The number of carbonyl (C=O) groups excluding carboxylic acids is 1. The molecule has 0 aromatic carbocycles. The van der Waals surface area contributed by atoms with Gasteiger partial charge in [0, 0.05) is 18.4 Å². The van der Waals surface area contributed by atoms with Gasteiger partial charge in [-0.25, -0.2) is 0 Å². The largest absolute Gasteiger partial charge is 0.328 e.